The molecule has 1 aliphatic heterocycles. The number of para-hydroxylation sites is 1. The first kappa shape index (κ1) is 19.1. The number of ether oxygens (including phenoxy) is 1. The summed E-state index contributed by atoms with van der Waals surface area (Å²) < 4.78 is 27.8. The van der Waals surface area contributed by atoms with Gasteiger partial charge in [0.2, 0.25) is 0 Å². The molecule has 1 amide bonds. The third kappa shape index (κ3) is 4.95. The first-order valence-corrected chi connectivity index (χ1v) is 10.7. The van der Waals surface area contributed by atoms with Crippen LogP contribution in [-0.2, 0) is 31.5 Å². The molecule has 0 atom stereocenters. The lowest BCUT2D eigenvalue weighted by atomic mass is 10.0. The van der Waals surface area contributed by atoms with Crippen LogP contribution in [0.15, 0.2) is 48.5 Å². The van der Waals surface area contributed by atoms with Gasteiger partial charge in [-0.25, -0.2) is 13.2 Å². The van der Waals surface area contributed by atoms with Crippen LogP contribution in [0.2, 0.25) is 0 Å². The molecule has 0 saturated carbocycles. The summed E-state index contributed by atoms with van der Waals surface area (Å²) in [5, 5.41) is 0. The van der Waals surface area contributed by atoms with Crippen molar-refractivity contribution < 1.29 is 22.7 Å². The number of aryl methyl sites for hydroxylation is 1. The molecule has 1 aliphatic rings. The van der Waals surface area contributed by atoms with Crippen LogP contribution in [-0.4, -0.2) is 39.7 Å². The largest absolute Gasteiger partial charge is 0.452 e. The summed E-state index contributed by atoms with van der Waals surface area (Å²) in [5.74, 6) is -0.960. The standard InChI is InChI=1S/C20H21NO5S/c1-27(24,25)14-15-8-10-17(11-9-15)20(23)26-13-19(22)21-12-4-6-16-5-2-3-7-18(16)21/h2-3,5,7-11H,4,6,12-14H2,1H3. The number of hydrogen-bond donors (Lipinski definition) is 0. The zero-order valence-electron chi connectivity index (χ0n) is 15.1. The van der Waals surface area contributed by atoms with Gasteiger partial charge in [-0.15, -0.1) is 0 Å². The van der Waals surface area contributed by atoms with Gasteiger partial charge in [0.15, 0.2) is 16.4 Å². The number of anilines is 1. The molecular weight excluding hydrogens is 366 g/mol. The van der Waals surface area contributed by atoms with Gasteiger partial charge in [-0.05, 0) is 42.2 Å². The molecule has 142 valence electrons. The van der Waals surface area contributed by atoms with Crippen LogP contribution in [0.5, 0.6) is 0 Å². The fourth-order valence-corrected chi connectivity index (χ4v) is 3.92. The minimum absolute atomic E-state index is 0.0881. The Labute approximate surface area is 158 Å². The maximum atomic E-state index is 12.5. The molecule has 7 heteroatoms. The van der Waals surface area contributed by atoms with Gasteiger partial charge in [-0.2, -0.15) is 0 Å². The minimum atomic E-state index is -3.13. The van der Waals surface area contributed by atoms with Crippen molar-refractivity contribution in [3.8, 4) is 0 Å². The molecule has 0 unspecified atom stereocenters. The van der Waals surface area contributed by atoms with Gasteiger partial charge < -0.3 is 9.64 Å². The molecule has 2 aromatic carbocycles. The summed E-state index contributed by atoms with van der Waals surface area (Å²) in [4.78, 5) is 26.3. The maximum absolute atomic E-state index is 12.5. The van der Waals surface area contributed by atoms with E-state index in [1.807, 2.05) is 24.3 Å². The van der Waals surface area contributed by atoms with Gasteiger partial charge in [0.1, 0.15) is 0 Å². The monoisotopic (exact) mass is 387 g/mol. The van der Waals surface area contributed by atoms with Crippen molar-refractivity contribution in [2.45, 2.75) is 18.6 Å². The van der Waals surface area contributed by atoms with Crippen LogP contribution in [0, 0.1) is 0 Å². The van der Waals surface area contributed by atoms with Crippen molar-refractivity contribution in [3.05, 3.63) is 65.2 Å². The number of amides is 1. The number of benzene rings is 2. The van der Waals surface area contributed by atoms with Gasteiger partial charge in [0.25, 0.3) is 5.91 Å². The molecule has 6 nitrogen and oxygen atoms in total. The van der Waals surface area contributed by atoms with E-state index in [1.165, 1.54) is 12.1 Å². The normalized spacial score (nSPS) is 13.7. The van der Waals surface area contributed by atoms with E-state index in [2.05, 4.69) is 0 Å². The Morgan fingerprint density at radius 2 is 1.78 bits per heavy atom. The highest BCUT2D eigenvalue weighted by molar-refractivity contribution is 7.89. The second kappa shape index (κ2) is 7.92. The van der Waals surface area contributed by atoms with Gasteiger partial charge in [-0.1, -0.05) is 30.3 Å². The van der Waals surface area contributed by atoms with Crippen LogP contribution < -0.4 is 4.90 Å². The van der Waals surface area contributed by atoms with Crippen LogP contribution in [0.4, 0.5) is 5.69 Å². The summed E-state index contributed by atoms with van der Waals surface area (Å²) in [6.07, 6.45) is 2.96. The van der Waals surface area contributed by atoms with Crippen LogP contribution in [0.3, 0.4) is 0 Å². The highest BCUT2D eigenvalue weighted by atomic mass is 32.2. The molecule has 0 spiro atoms. The van der Waals surface area contributed by atoms with Crippen molar-refractivity contribution in [1.82, 2.24) is 0 Å². The molecule has 1 heterocycles. The Kier molecular flexibility index (Phi) is 5.60. The van der Waals surface area contributed by atoms with E-state index in [9.17, 15) is 18.0 Å². The number of nitrogens with zero attached hydrogens (tertiary/aromatic N) is 1. The van der Waals surface area contributed by atoms with Gasteiger partial charge in [0.05, 0.1) is 11.3 Å². The second-order valence-electron chi connectivity index (χ2n) is 6.62. The summed E-state index contributed by atoms with van der Waals surface area (Å²) in [6.45, 7) is 0.270. The third-order valence-corrected chi connectivity index (χ3v) is 5.21. The summed E-state index contributed by atoms with van der Waals surface area (Å²) in [6, 6.07) is 13.9. The van der Waals surface area contributed by atoms with E-state index in [0.29, 0.717) is 12.1 Å². The van der Waals surface area contributed by atoms with E-state index in [0.717, 1.165) is 30.3 Å². The first-order valence-electron chi connectivity index (χ1n) is 8.65. The number of fused-ring (bicyclic) bond motifs is 1. The quantitative estimate of drug-likeness (QED) is 0.736. The molecule has 0 bridgehead atoms. The molecule has 2 aromatic rings. The molecular formula is C20H21NO5S. The number of hydrogen-bond acceptors (Lipinski definition) is 5. The van der Waals surface area contributed by atoms with Crippen molar-refractivity contribution in [3.63, 3.8) is 0 Å². The minimum Gasteiger partial charge on any atom is -0.452 e. The number of carbonyl (C=O) groups excluding carboxylic acids is 2. The lowest BCUT2D eigenvalue weighted by Gasteiger charge is -2.29. The van der Waals surface area contributed by atoms with Crippen LogP contribution >= 0.6 is 0 Å². The smallest absolute Gasteiger partial charge is 0.338 e. The third-order valence-electron chi connectivity index (χ3n) is 4.36. The number of rotatable bonds is 5. The molecule has 0 saturated heterocycles. The Hall–Kier alpha value is -2.67. The lowest BCUT2D eigenvalue weighted by molar-refractivity contribution is -0.121. The molecule has 0 fully saturated rings. The summed E-state index contributed by atoms with van der Waals surface area (Å²) in [7, 11) is -3.13. The molecule has 3 rings (SSSR count). The van der Waals surface area contributed by atoms with Crippen LogP contribution in [0.1, 0.15) is 27.9 Å². The van der Waals surface area contributed by atoms with E-state index < -0.39 is 15.8 Å². The highest BCUT2D eigenvalue weighted by Crippen LogP contribution is 2.26. The Bertz CT molecular complexity index is 951. The lowest BCUT2D eigenvalue weighted by Crippen LogP contribution is -2.38. The van der Waals surface area contributed by atoms with Crippen molar-refractivity contribution in [2.75, 3.05) is 24.3 Å². The maximum Gasteiger partial charge on any atom is 0.338 e. The zero-order valence-corrected chi connectivity index (χ0v) is 15.9. The summed E-state index contributed by atoms with van der Waals surface area (Å²) >= 11 is 0. The Morgan fingerprint density at radius 1 is 1.07 bits per heavy atom. The predicted octanol–water partition coefficient (Wildman–Crippen LogP) is 2.37. The Balaban J connectivity index is 1.60. The topological polar surface area (TPSA) is 80.7 Å². The highest BCUT2D eigenvalue weighted by Gasteiger charge is 2.23. The number of carbonyl (C=O) groups is 2. The van der Waals surface area contributed by atoms with Crippen molar-refractivity contribution >= 4 is 27.4 Å². The fraction of sp³-hybridized carbons (Fsp3) is 0.300. The van der Waals surface area contributed by atoms with E-state index in [1.54, 1.807) is 17.0 Å². The summed E-state index contributed by atoms with van der Waals surface area (Å²) in [5.41, 5.74) is 2.86. The van der Waals surface area contributed by atoms with Gasteiger partial charge >= 0.3 is 5.97 Å². The molecule has 0 aromatic heterocycles. The van der Waals surface area contributed by atoms with Gasteiger partial charge in [-0.3, -0.25) is 4.79 Å². The second-order valence-corrected chi connectivity index (χ2v) is 8.76. The average molecular weight is 387 g/mol. The average Bonchev–Trinajstić information content (AvgIpc) is 2.64. The molecule has 0 radical (unpaired) electrons. The van der Waals surface area contributed by atoms with Gasteiger partial charge in [0, 0.05) is 18.5 Å². The van der Waals surface area contributed by atoms with E-state index in [-0.39, 0.29) is 23.8 Å². The Morgan fingerprint density at radius 3 is 2.48 bits per heavy atom. The molecule has 27 heavy (non-hydrogen) atoms. The van der Waals surface area contributed by atoms with Crippen molar-refractivity contribution in [2.24, 2.45) is 0 Å². The van der Waals surface area contributed by atoms with Crippen LogP contribution in [0.25, 0.3) is 0 Å². The van der Waals surface area contributed by atoms with E-state index in [4.69, 9.17) is 4.74 Å². The molecule has 0 N–H and O–H groups in total. The number of sulfone groups is 1. The van der Waals surface area contributed by atoms with Crippen molar-refractivity contribution in [1.29, 1.82) is 0 Å². The van der Waals surface area contributed by atoms with E-state index >= 15 is 0 Å². The fourth-order valence-electron chi connectivity index (χ4n) is 3.12. The first-order chi connectivity index (χ1) is 12.8. The molecule has 0 aliphatic carbocycles. The predicted molar refractivity (Wildman–Crippen MR) is 102 cm³/mol. The zero-order chi connectivity index (χ0) is 19.4. The SMILES string of the molecule is CS(=O)(=O)Cc1ccc(C(=O)OCC(=O)N2CCCc3ccccc32)cc1. The number of esters is 1.